The van der Waals surface area contributed by atoms with E-state index in [-0.39, 0.29) is 5.91 Å². The highest BCUT2D eigenvalue weighted by atomic mass is 32.1. The molecule has 0 aliphatic carbocycles. The van der Waals surface area contributed by atoms with Crippen molar-refractivity contribution >= 4 is 17.2 Å². The van der Waals surface area contributed by atoms with Crippen molar-refractivity contribution in [3.05, 3.63) is 46.4 Å². The second-order valence-electron chi connectivity index (χ2n) is 3.66. The number of aromatic nitrogens is 1. The summed E-state index contributed by atoms with van der Waals surface area (Å²) in [6, 6.07) is 7.79. The summed E-state index contributed by atoms with van der Waals surface area (Å²) in [5, 5.41) is 5.12. The maximum Gasteiger partial charge on any atom is 0.280 e. The van der Waals surface area contributed by atoms with Crippen LogP contribution in [0.3, 0.4) is 0 Å². The maximum atomic E-state index is 11.7. The van der Waals surface area contributed by atoms with Crippen LogP contribution < -0.4 is 10.1 Å². The van der Waals surface area contributed by atoms with Gasteiger partial charge in [0.15, 0.2) is 5.01 Å². The Labute approximate surface area is 110 Å². The number of benzene rings is 1. The monoisotopic (exact) mass is 262 g/mol. The van der Waals surface area contributed by atoms with E-state index in [0.717, 1.165) is 17.7 Å². The van der Waals surface area contributed by atoms with E-state index in [0.29, 0.717) is 11.6 Å². The molecular formula is C13H14N2O2S. The highest BCUT2D eigenvalue weighted by Crippen LogP contribution is 2.17. The average molecular weight is 262 g/mol. The molecule has 0 atom stereocenters. The van der Waals surface area contributed by atoms with Gasteiger partial charge in [-0.05, 0) is 18.1 Å². The van der Waals surface area contributed by atoms with Crippen LogP contribution in [0.5, 0.6) is 5.75 Å². The molecule has 94 valence electrons. The molecule has 0 aliphatic rings. The van der Waals surface area contributed by atoms with Gasteiger partial charge in [-0.25, -0.2) is 4.98 Å². The van der Waals surface area contributed by atoms with Crippen LogP contribution in [-0.4, -0.2) is 24.5 Å². The zero-order valence-corrected chi connectivity index (χ0v) is 10.9. The summed E-state index contributed by atoms with van der Waals surface area (Å²) in [5.74, 6) is 0.723. The van der Waals surface area contributed by atoms with Gasteiger partial charge in [-0.1, -0.05) is 18.2 Å². The molecule has 1 amide bonds. The van der Waals surface area contributed by atoms with Crippen LogP contribution in [0.1, 0.15) is 15.4 Å². The molecule has 0 radical (unpaired) electrons. The van der Waals surface area contributed by atoms with Gasteiger partial charge in [-0.15, -0.1) is 11.3 Å². The molecule has 2 aromatic rings. The van der Waals surface area contributed by atoms with Crippen molar-refractivity contribution in [2.45, 2.75) is 6.42 Å². The fraction of sp³-hybridized carbons (Fsp3) is 0.231. The van der Waals surface area contributed by atoms with Crippen LogP contribution in [0, 0.1) is 0 Å². The smallest absolute Gasteiger partial charge is 0.280 e. The molecule has 1 aromatic heterocycles. The number of rotatable bonds is 5. The Hall–Kier alpha value is -1.88. The molecule has 18 heavy (non-hydrogen) atoms. The second-order valence-corrected chi connectivity index (χ2v) is 4.55. The molecule has 0 fully saturated rings. The molecule has 1 N–H and O–H groups in total. The van der Waals surface area contributed by atoms with Crippen molar-refractivity contribution in [2.24, 2.45) is 0 Å². The van der Waals surface area contributed by atoms with Crippen LogP contribution >= 0.6 is 11.3 Å². The zero-order valence-electron chi connectivity index (χ0n) is 10.1. The van der Waals surface area contributed by atoms with Gasteiger partial charge in [0.25, 0.3) is 5.91 Å². The van der Waals surface area contributed by atoms with Gasteiger partial charge in [0.05, 0.1) is 7.11 Å². The molecule has 1 heterocycles. The Morgan fingerprint density at radius 2 is 2.28 bits per heavy atom. The molecule has 1 aromatic carbocycles. The minimum atomic E-state index is -0.125. The van der Waals surface area contributed by atoms with Crippen molar-refractivity contribution in [3.63, 3.8) is 0 Å². The SMILES string of the molecule is COc1ccccc1CCNC(=O)c1nccs1. The molecule has 0 unspecified atom stereocenters. The number of nitrogens with zero attached hydrogens (tertiary/aromatic N) is 1. The second kappa shape index (κ2) is 6.16. The number of hydrogen-bond donors (Lipinski definition) is 1. The van der Waals surface area contributed by atoms with Gasteiger partial charge >= 0.3 is 0 Å². The van der Waals surface area contributed by atoms with E-state index in [4.69, 9.17) is 4.74 Å². The van der Waals surface area contributed by atoms with Crippen LogP contribution in [0.4, 0.5) is 0 Å². The molecule has 0 aliphatic heterocycles. The third-order valence-corrected chi connectivity index (χ3v) is 3.27. The maximum absolute atomic E-state index is 11.7. The molecule has 0 saturated heterocycles. The number of nitrogens with one attached hydrogen (secondary N) is 1. The summed E-state index contributed by atoms with van der Waals surface area (Å²) < 4.78 is 5.25. The fourth-order valence-electron chi connectivity index (χ4n) is 1.63. The van der Waals surface area contributed by atoms with Crippen LogP contribution in [-0.2, 0) is 6.42 Å². The topological polar surface area (TPSA) is 51.2 Å². The number of hydrogen-bond acceptors (Lipinski definition) is 4. The van der Waals surface area contributed by atoms with Crippen molar-refractivity contribution < 1.29 is 9.53 Å². The van der Waals surface area contributed by atoms with Crippen molar-refractivity contribution in [1.29, 1.82) is 0 Å². The molecule has 0 spiro atoms. The highest BCUT2D eigenvalue weighted by molar-refractivity contribution is 7.11. The Balaban J connectivity index is 1.87. The van der Waals surface area contributed by atoms with Crippen molar-refractivity contribution in [1.82, 2.24) is 10.3 Å². The molecule has 0 saturated carbocycles. The van der Waals surface area contributed by atoms with Gasteiger partial charge in [-0.2, -0.15) is 0 Å². The van der Waals surface area contributed by atoms with Gasteiger partial charge in [0.2, 0.25) is 0 Å². The van der Waals surface area contributed by atoms with E-state index in [1.807, 2.05) is 24.3 Å². The Morgan fingerprint density at radius 3 is 3.00 bits per heavy atom. The summed E-state index contributed by atoms with van der Waals surface area (Å²) >= 11 is 1.34. The first kappa shape index (κ1) is 12.6. The summed E-state index contributed by atoms with van der Waals surface area (Å²) in [6.07, 6.45) is 2.36. The minimum absolute atomic E-state index is 0.125. The molecule has 4 nitrogen and oxygen atoms in total. The first-order valence-electron chi connectivity index (χ1n) is 5.61. The van der Waals surface area contributed by atoms with E-state index < -0.39 is 0 Å². The minimum Gasteiger partial charge on any atom is -0.496 e. The first-order valence-corrected chi connectivity index (χ1v) is 6.49. The van der Waals surface area contributed by atoms with Gasteiger partial charge < -0.3 is 10.1 Å². The largest absolute Gasteiger partial charge is 0.496 e. The average Bonchev–Trinajstić information content (AvgIpc) is 2.93. The van der Waals surface area contributed by atoms with E-state index in [2.05, 4.69) is 10.3 Å². The number of methoxy groups -OCH3 is 1. The van der Waals surface area contributed by atoms with Crippen LogP contribution in [0.15, 0.2) is 35.8 Å². The summed E-state index contributed by atoms with van der Waals surface area (Å²) in [7, 11) is 1.65. The van der Waals surface area contributed by atoms with Gasteiger partial charge in [0, 0.05) is 18.1 Å². The molecule has 2 rings (SSSR count). The number of para-hydroxylation sites is 1. The third-order valence-electron chi connectivity index (χ3n) is 2.50. The molecule has 5 heteroatoms. The quantitative estimate of drug-likeness (QED) is 0.898. The standard InChI is InChI=1S/C13H14N2O2S/c1-17-11-5-3-2-4-10(11)6-7-14-12(16)13-15-8-9-18-13/h2-5,8-9H,6-7H2,1H3,(H,14,16). The number of ether oxygens (including phenoxy) is 1. The van der Waals surface area contributed by atoms with E-state index >= 15 is 0 Å². The Bertz CT molecular complexity index is 511. The van der Waals surface area contributed by atoms with Crippen molar-refractivity contribution in [3.8, 4) is 5.75 Å². The fourth-order valence-corrected chi connectivity index (χ4v) is 2.18. The lowest BCUT2D eigenvalue weighted by Crippen LogP contribution is -2.25. The molecule has 0 bridgehead atoms. The summed E-state index contributed by atoms with van der Waals surface area (Å²) in [5.41, 5.74) is 1.08. The summed E-state index contributed by atoms with van der Waals surface area (Å²) in [4.78, 5) is 15.6. The Morgan fingerprint density at radius 1 is 1.44 bits per heavy atom. The van der Waals surface area contributed by atoms with Crippen LogP contribution in [0.2, 0.25) is 0 Å². The van der Waals surface area contributed by atoms with Gasteiger partial charge in [0.1, 0.15) is 5.75 Å². The lowest BCUT2D eigenvalue weighted by Gasteiger charge is -2.08. The summed E-state index contributed by atoms with van der Waals surface area (Å²) in [6.45, 7) is 0.568. The van der Waals surface area contributed by atoms with E-state index in [1.165, 1.54) is 11.3 Å². The number of thiazole rings is 1. The first-order chi connectivity index (χ1) is 8.81. The van der Waals surface area contributed by atoms with Gasteiger partial charge in [-0.3, -0.25) is 4.79 Å². The normalized spacial score (nSPS) is 10.1. The lowest BCUT2D eigenvalue weighted by atomic mass is 10.1. The predicted molar refractivity (Wildman–Crippen MR) is 71.1 cm³/mol. The number of amides is 1. The lowest BCUT2D eigenvalue weighted by molar-refractivity contribution is 0.0953. The molecular weight excluding hydrogens is 248 g/mol. The van der Waals surface area contributed by atoms with E-state index in [1.54, 1.807) is 18.7 Å². The third kappa shape index (κ3) is 3.07. The predicted octanol–water partition coefficient (Wildman–Crippen LogP) is 2.12. The zero-order chi connectivity index (χ0) is 12.8. The van der Waals surface area contributed by atoms with Crippen molar-refractivity contribution in [2.75, 3.05) is 13.7 Å². The highest BCUT2D eigenvalue weighted by Gasteiger charge is 2.07. The van der Waals surface area contributed by atoms with E-state index in [9.17, 15) is 4.79 Å². The number of carbonyl (C=O) groups is 1. The van der Waals surface area contributed by atoms with Crippen LogP contribution in [0.25, 0.3) is 0 Å². The number of carbonyl (C=O) groups excluding carboxylic acids is 1. The Kier molecular flexibility index (Phi) is 4.30.